The Morgan fingerprint density at radius 3 is 2.24 bits per heavy atom. The van der Waals surface area contributed by atoms with Crippen molar-refractivity contribution < 1.29 is 24.2 Å². The molecule has 0 amide bonds. The lowest BCUT2D eigenvalue weighted by Gasteiger charge is -2.20. The predicted molar refractivity (Wildman–Crippen MR) is 169 cm³/mol. The summed E-state index contributed by atoms with van der Waals surface area (Å²) in [5.74, 6) is 0.374. The van der Waals surface area contributed by atoms with E-state index < -0.39 is 5.97 Å². The minimum absolute atomic E-state index is 0.0819. The lowest BCUT2D eigenvalue weighted by Crippen LogP contribution is -2.08. The van der Waals surface area contributed by atoms with Crippen molar-refractivity contribution in [2.24, 2.45) is 0 Å². The first kappa shape index (κ1) is 30.3. The molecule has 0 heterocycles. The van der Waals surface area contributed by atoms with Crippen molar-refractivity contribution in [1.82, 2.24) is 0 Å². The van der Waals surface area contributed by atoms with Gasteiger partial charge in [-0.3, -0.25) is 9.59 Å². The number of ether oxygens (including phenoxy) is 2. The number of hydrogen-bond acceptors (Lipinski definition) is 4. The van der Waals surface area contributed by atoms with Crippen LogP contribution in [0.15, 0.2) is 93.9 Å². The van der Waals surface area contributed by atoms with Crippen molar-refractivity contribution in [3.63, 3.8) is 0 Å². The largest absolute Gasteiger partial charge is 0.489 e. The number of aliphatic carboxylic acids is 1. The third kappa shape index (κ3) is 7.96. The molecule has 0 saturated carbocycles. The van der Waals surface area contributed by atoms with Crippen LogP contribution in [-0.4, -0.2) is 23.5 Å². The fourth-order valence-corrected chi connectivity index (χ4v) is 5.78. The van der Waals surface area contributed by atoms with Gasteiger partial charge in [-0.05, 0) is 92.2 Å². The first-order chi connectivity index (χ1) is 19.6. The van der Waals surface area contributed by atoms with Gasteiger partial charge < -0.3 is 14.6 Å². The maximum atomic E-state index is 13.9. The Labute approximate surface area is 257 Å². The third-order valence-electron chi connectivity index (χ3n) is 6.33. The second-order valence-electron chi connectivity index (χ2n) is 9.92. The van der Waals surface area contributed by atoms with Crippen LogP contribution in [0.4, 0.5) is 0 Å². The van der Waals surface area contributed by atoms with E-state index in [1.165, 1.54) is 0 Å². The van der Waals surface area contributed by atoms with Crippen molar-refractivity contribution >= 4 is 49.7 Å². The van der Waals surface area contributed by atoms with Gasteiger partial charge in [0, 0.05) is 11.1 Å². The van der Waals surface area contributed by atoms with Gasteiger partial charge in [0.2, 0.25) is 0 Å². The number of carbonyl (C=O) groups excluding carboxylic acids is 1. The number of hydrogen-bond donors (Lipinski definition) is 1. The Balaban J connectivity index is 1.76. The van der Waals surface area contributed by atoms with E-state index >= 15 is 0 Å². The normalized spacial score (nSPS) is 11.2. The Bertz CT molecular complexity index is 1570. The molecule has 0 fully saturated rings. The molecular formula is C34H30Br2O5. The summed E-state index contributed by atoms with van der Waals surface area (Å²) in [4.78, 5) is 25.1. The van der Waals surface area contributed by atoms with Gasteiger partial charge in [0.25, 0.3) is 0 Å². The Kier molecular flexibility index (Phi) is 10.2. The number of rotatable bonds is 11. The van der Waals surface area contributed by atoms with E-state index in [4.69, 9.17) is 9.47 Å². The van der Waals surface area contributed by atoms with Gasteiger partial charge in [-0.25, -0.2) is 0 Å². The highest BCUT2D eigenvalue weighted by atomic mass is 79.9. The Hall–Kier alpha value is -3.68. The SMILES string of the molecule is Cc1cccc(C(=O)c2cc(OC/C=C/c3ccccc3)c(C(C)C)cc2Oc2c(Br)cc(CC(=O)O)cc2Br)c1. The number of ketones is 1. The average Bonchev–Trinajstić information content (AvgIpc) is 2.93. The molecule has 0 atom stereocenters. The van der Waals surface area contributed by atoms with Crippen molar-refractivity contribution in [2.45, 2.75) is 33.1 Å². The van der Waals surface area contributed by atoms with E-state index in [2.05, 4.69) is 45.7 Å². The molecule has 0 radical (unpaired) electrons. The van der Waals surface area contributed by atoms with Gasteiger partial charge in [-0.15, -0.1) is 0 Å². The van der Waals surface area contributed by atoms with Crippen molar-refractivity contribution in [3.8, 4) is 17.2 Å². The first-order valence-electron chi connectivity index (χ1n) is 13.1. The van der Waals surface area contributed by atoms with Crippen molar-refractivity contribution in [2.75, 3.05) is 6.61 Å². The summed E-state index contributed by atoms with van der Waals surface area (Å²) >= 11 is 7.04. The van der Waals surface area contributed by atoms with Crippen molar-refractivity contribution in [3.05, 3.63) is 127 Å². The van der Waals surface area contributed by atoms with E-state index in [0.29, 0.717) is 49.5 Å². The third-order valence-corrected chi connectivity index (χ3v) is 7.51. The lowest BCUT2D eigenvalue weighted by molar-refractivity contribution is -0.136. The maximum absolute atomic E-state index is 13.9. The van der Waals surface area contributed by atoms with Gasteiger partial charge in [-0.1, -0.05) is 74.0 Å². The van der Waals surface area contributed by atoms with Crippen LogP contribution in [-0.2, 0) is 11.2 Å². The molecule has 0 aliphatic carbocycles. The van der Waals surface area contributed by atoms with Gasteiger partial charge in [0.1, 0.15) is 18.1 Å². The molecule has 41 heavy (non-hydrogen) atoms. The molecule has 210 valence electrons. The van der Waals surface area contributed by atoms with E-state index in [1.807, 2.05) is 73.7 Å². The molecule has 0 aliphatic rings. The summed E-state index contributed by atoms with van der Waals surface area (Å²) in [6.45, 7) is 6.38. The minimum Gasteiger partial charge on any atom is -0.489 e. The molecule has 4 aromatic rings. The molecule has 7 heteroatoms. The number of halogens is 2. The summed E-state index contributed by atoms with van der Waals surface area (Å²) in [6.07, 6.45) is 3.81. The number of carbonyl (C=O) groups is 2. The number of benzene rings is 4. The average molecular weight is 678 g/mol. The second kappa shape index (κ2) is 13.8. The highest BCUT2D eigenvalue weighted by Crippen LogP contribution is 2.42. The van der Waals surface area contributed by atoms with Crippen molar-refractivity contribution in [1.29, 1.82) is 0 Å². The molecule has 0 unspecified atom stereocenters. The Morgan fingerprint density at radius 2 is 1.61 bits per heavy atom. The maximum Gasteiger partial charge on any atom is 0.307 e. The molecular weight excluding hydrogens is 648 g/mol. The fraction of sp³-hybridized carbons (Fsp3) is 0.176. The molecule has 0 bridgehead atoms. The highest BCUT2D eigenvalue weighted by Gasteiger charge is 2.23. The molecule has 1 N–H and O–H groups in total. The van der Waals surface area contributed by atoms with Gasteiger partial charge in [-0.2, -0.15) is 0 Å². The second-order valence-corrected chi connectivity index (χ2v) is 11.6. The molecule has 4 aromatic carbocycles. The number of aryl methyl sites for hydroxylation is 1. The standard InChI is InChI=1S/C34H30Br2O5/c1-21(2)26-19-31(41-34-28(35)16-24(17-29(34)36)18-32(37)38)27(33(39)25-13-7-9-22(3)15-25)20-30(26)40-14-8-12-23-10-5-4-6-11-23/h4-13,15-17,19-21H,14,18H2,1-3H3,(H,37,38)/b12-8+. The van der Waals surface area contributed by atoms with Gasteiger partial charge in [0.05, 0.1) is 20.9 Å². The zero-order chi connectivity index (χ0) is 29.5. The van der Waals surface area contributed by atoms with E-state index in [-0.39, 0.29) is 18.1 Å². The van der Waals surface area contributed by atoms with E-state index in [0.717, 1.165) is 16.7 Å². The molecule has 5 nitrogen and oxygen atoms in total. The molecule has 0 spiro atoms. The predicted octanol–water partition coefficient (Wildman–Crippen LogP) is 9.39. The number of carboxylic acid groups (broad SMARTS) is 1. The van der Waals surface area contributed by atoms with Crippen LogP contribution < -0.4 is 9.47 Å². The van der Waals surface area contributed by atoms with Crippen LogP contribution in [0.1, 0.15) is 57.9 Å². The van der Waals surface area contributed by atoms with Crippen LogP contribution in [0.2, 0.25) is 0 Å². The quantitative estimate of drug-likeness (QED) is 0.160. The topological polar surface area (TPSA) is 72.8 Å². The number of carboxylic acids is 1. The van der Waals surface area contributed by atoms with E-state index in [9.17, 15) is 14.7 Å². The van der Waals surface area contributed by atoms with Crippen LogP contribution in [0.3, 0.4) is 0 Å². The molecule has 0 saturated heterocycles. The summed E-state index contributed by atoms with van der Waals surface area (Å²) in [5, 5.41) is 9.21. The summed E-state index contributed by atoms with van der Waals surface area (Å²) in [7, 11) is 0. The van der Waals surface area contributed by atoms with Gasteiger partial charge in [0.15, 0.2) is 11.5 Å². The smallest absolute Gasteiger partial charge is 0.307 e. The molecule has 0 aromatic heterocycles. The zero-order valence-corrected chi connectivity index (χ0v) is 26.2. The highest BCUT2D eigenvalue weighted by molar-refractivity contribution is 9.11. The molecule has 0 aliphatic heterocycles. The summed E-state index contributed by atoms with van der Waals surface area (Å²) < 4.78 is 13.7. The summed E-state index contributed by atoms with van der Waals surface area (Å²) in [6, 6.07) is 24.4. The minimum atomic E-state index is -0.931. The molecule has 4 rings (SSSR count). The fourth-order valence-electron chi connectivity index (χ4n) is 4.34. The van der Waals surface area contributed by atoms with Crippen LogP contribution >= 0.6 is 31.9 Å². The lowest BCUT2D eigenvalue weighted by atomic mass is 9.95. The summed E-state index contributed by atoms with van der Waals surface area (Å²) in [5.41, 5.74) is 4.44. The first-order valence-corrected chi connectivity index (χ1v) is 14.7. The van der Waals surface area contributed by atoms with Gasteiger partial charge >= 0.3 is 5.97 Å². The van der Waals surface area contributed by atoms with Crippen LogP contribution in [0.25, 0.3) is 6.08 Å². The zero-order valence-electron chi connectivity index (χ0n) is 23.0. The van der Waals surface area contributed by atoms with E-state index in [1.54, 1.807) is 24.3 Å². The van der Waals surface area contributed by atoms with Crippen LogP contribution in [0, 0.1) is 6.92 Å². The van der Waals surface area contributed by atoms with Crippen LogP contribution in [0.5, 0.6) is 17.2 Å². The Morgan fingerprint density at radius 1 is 0.902 bits per heavy atom. The monoisotopic (exact) mass is 676 g/mol.